The second-order valence-electron chi connectivity index (χ2n) is 4.19. The number of rotatable bonds is 3. The quantitative estimate of drug-likeness (QED) is 0.556. The molecule has 0 aliphatic heterocycles. The van der Waals surface area contributed by atoms with Crippen LogP contribution in [0, 0.1) is 11.3 Å². The van der Waals surface area contributed by atoms with Crippen molar-refractivity contribution in [1.29, 1.82) is 0 Å². The summed E-state index contributed by atoms with van der Waals surface area (Å²) >= 11 is 5.77. The van der Waals surface area contributed by atoms with E-state index in [-0.39, 0.29) is 0 Å². The molecule has 0 aromatic rings. The van der Waals surface area contributed by atoms with Gasteiger partial charge in [-0.2, -0.15) is 0 Å². The van der Waals surface area contributed by atoms with Crippen LogP contribution in [0.1, 0.15) is 40.5 Å². The van der Waals surface area contributed by atoms with Crippen LogP contribution in [0.3, 0.4) is 0 Å². The van der Waals surface area contributed by atoms with Crippen LogP contribution in [-0.4, -0.2) is 5.88 Å². The highest BCUT2D eigenvalue weighted by Crippen LogP contribution is 2.26. The fourth-order valence-electron chi connectivity index (χ4n) is 1.17. The molecule has 0 amide bonds. The minimum absolute atomic E-state index is 0.440. The normalized spacial score (nSPS) is 15.3. The number of halogens is 1. The summed E-state index contributed by atoms with van der Waals surface area (Å²) in [5, 5.41) is 0. The molecule has 0 nitrogen and oxygen atoms in total. The first-order valence-corrected chi connectivity index (χ1v) is 4.59. The Morgan fingerprint density at radius 3 is 1.90 bits per heavy atom. The predicted molar refractivity (Wildman–Crippen MR) is 48.6 cm³/mol. The van der Waals surface area contributed by atoms with E-state index in [1.807, 2.05) is 0 Å². The minimum Gasteiger partial charge on any atom is -0.126 e. The number of alkyl halides is 1. The molecule has 0 aliphatic carbocycles. The van der Waals surface area contributed by atoms with Gasteiger partial charge in [0.2, 0.25) is 0 Å². The highest BCUT2D eigenvalue weighted by Gasteiger charge is 2.15. The van der Waals surface area contributed by atoms with Crippen LogP contribution in [0.4, 0.5) is 0 Å². The Labute approximate surface area is 70.0 Å². The van der Waals surface area contributed by atoms with Gasteiger partial charge in [0, 0.05) is 5.88 Å². The molecule has 62 valence electrons. The van der Waals surface area contributed by atoms with Crippen LogP contribution in [-0.2, 0) is 0 Å². The summed E-state index contributed by atoms with van der Waals surface area (Å²) in [6.07, 6.45) is 2.45. The van der Waals surface area contributed by atoms with Gasteiger partial charge in [-0.05, 0) is 17.8 Å². The second-order valence-corrected chi connectivity index (χ2v) is 4.50. The maximum Gasteiger partial charge on any atom is 0.0251 e. The molecule has 0 bridgehead atoms. The number of hydrogen-bond donors (Lipinski definition) is 0. The molecular weight excluding hydrogens is 144 g/mol. The highest BCUT2D eigenvalue weighted by atomic mass is 35.5. The smallest absolute Gasteiger partial charge is 0.0251 e. The van der Waals surface area contributed by atoms with Crippen LogP contribution in [0.15, 0.2) is 0 Å². The third-order valence-corrected chi connectivity index (χ3v) is 2.13. The first kappa shape index (κ1) is 10.3. The van der Waals surface area contributed by atoms with Crippen LogP contribution in [0.2, 0.25) is 0 Å². The van der Waals surface area contributed by atoms with Gasteiger partial charge in [0.15, 0.2) is 0 Å². The average Bonchev–Trinajstić information content (AvgIpc) is 1.81. The van der Waals surface area contributed by atoms with Gasteiger partial charge in [0.25, 0.3) is 0 Å². The third-order valence-electron chi connectivity index (χ3n) is 1.70. The lowest BCUT2D eigenvalue weighted by Gasteiger charge is -2.23. The van der Waals surface area contributed by atoms with Crippen molar-refractivity contribution in [3.8, 4) is 0 Å². The Bertz CT molecular complexity index is 77.2. The Morgan fingerprint density at radius 2 is 1.80 bits per heavy atom. The SMILES string of the molecule is CCC(CCl)CC(C)(C)C. The van der Waals surface area contributed by atoms with E-state index >= 15 is 0 Å². The first-order chi connectivity index (χ1) is 4.49. The van der Waals surface area contributed by atoms with Crippen molar-refractivity contribution in [2.75, 3.05) is 5.88 Å². The minimum atomic E-state index is 0.440. The fraction of sp³-hybridized carbons (Fsp3) is 1.00. The summed E-state index contributed by atoms with van der Waals surface area (Å²) in [7, 11) is 0. The van der Waals surface area contributed by atoms with Crippen molar-refractivity contribution in [3.63, 3.8) is 0 Å². The lowest BCUT2D eigenvalue weighted by Crippen LogP contribution is -2.13. The molecule has 0 saturated carbocycles. The summed E-state index contributed by atoms with van der Waals surface area (Å²) in [5.41, 5.74) is 0.440. The van der Waals surface area contributed by atoms with Crippen molar-refractivity contribution in [2.45, 2.75) is 40.5 Å². The fourth-order valence-corrected chi connectivity index (χ4v) is 1.50. The van der Waals surface area contributed by atoms with E-state index in [4.69, 9.17) is 11.6 Å². The highest BCUT2D eigenvalue weighted by molar-refractivity contribution is 6.18. The largest absolute Gasteiger partial charge is 0.126 e. The second kappa shape index (κ2) is 4.23. The summed E-state index contributed by atoms with van der Waals surface area (Å²) in [6, 6.07) is 0. The molecule has 1 atom stereocenters. The molecule has 0 N–H and O–H groups in total. The summed E-state index contributed by atoms with van der Waals surface area (Å²) in [5.74, 6) is 1.52. The van der Waals surface area contributed by atoms with Gasteiger partial charge in [0.1, 0.15) is 0 Å². The zero-order chi connectivity index (χ0) is 8.20. The van der Waals surface area contributed by atoms with E-state index in [1.165, 1.54) is 12.8 Å². The van der Waals surface area contributed by atoms with Crippen molar-refractivity contribution < 1.29 is 0 Å². The number of hydrogen-bond acceptors (Lipinski definition) is 0. The van der Waals surface area contributed by atoms with Gasteiger partial charge in [-0.1, -0.05) is 34.1 Å². The molecule has 0 aliphatic rings. The first-order valence-electron chi connectivity index (χ1n) is 4.05. The summed E-state index contributed by atoms with van der Waals surface area (Å²) < 4.78 is 0. The lowest BCUT2D eigenvalue weighted by molar-refractivity contribution is 0.304. The Hall–Kier alpha value is 0.290. The molecule has 1 unspecified atom stereocenters. The van der Waals surface area contributed by atoms with Gasteiger partial charge >= 0.3 is 0 Å². The van der Waals surface area contributed by atoms with Gasteiger partial charge in [-0.3, -0.25) is 0 Å². The Morgan fingerprint density at radius 1 is 1.30 bits per heavy atom. The van der Waals surface area contributed by atoms with Crippen molar-refractivity contribution in [2.24, 2.45) is 11.3 Å². The molecule has 0 saturated heterocycles. The van der Waals surface area contributed by atoms with Crippen LogP contribution in [0.5, 0.6) is 0 Å². The molecule has 0 spiro atoms. The zero-order valence-corrected chi connectivity index (χ0v) is 8.33. The molecule has 1 heteroatoms. The van der Waals surface area contributed by atoms with Crippen molar-refractivity contribution in [3.05, 3.63) is 0 Å². The molecule has 0 heterocycles. The van der Waals surface area contributed by atoms with E-state index in [9.17, 15) is 0 Å². The Balaban J connectivity index is 3.63. The standard InChI is InChI=1S/C9H19Cl/c1-5-8(7-10)6-9(2,3)4/h8H,5-7H2,1-4H3. The van der Waals surface area contributed by atoms with E-state index in [2.05, 4.69) is 27.7 Å². The molecule has 0 aromatic carbocycles. The maximum atomic E-state index is 5.77. The summed E-state index contributed by atoms with van der Waals surface area (Å²) in [6.45, 7) is 9.01. The van der Waals surface area contributed by atoms with Gasteiger partial charge in [0.05, 0.1) is 0 Å². The van der Waals surface area contributed by atoms with Crippen molar-refractivity contribution in [1.82, 2.24) is 0 Å². The maximum absolute atomic E-state index is 5.77. The zero-order valence-electron chi connectivity index (χ0n) is 7.58. The molecule has 0 radical (unpaired) electrons. The monoisotopic (exact) mass is 162 g/mol. The van der Waals surface area contributed by atoms with Gasteiger partial charge in [-0.25, -0.2) is 0 Å². The third kappa shape index (κ3) is 5.10. The lowest BCUT2D eigenvalue weighted by atomic mass is 9.84. The van der Waals surface area contributed by atoms with Crippen LogP contribution >= 0.6 is 11.6 Å². The molecule has 0 fully saturated rings. The van der Waals surface area contributed by atoms with Gasteiger partial charge in [-0.15, -0.1) is 11.6 Å². The van der Waals surface area contributed by atoms with E-state index in [0.717, 1.165) is 5.88 Å². The average molecular weight is 163 g/mol. The molecule has 10 heavy (non-hydrogen) atoms. The van der Waals surface area contributed by atoms with Gasteiger partial charge < -0.3 is 0 Å². The van der Waals surface area contributed by atoms with E-state index in [0.29, 0.717) is 11.3 Å². The van der Waals surface area contributed by atoms with Crippen LogP contribution in [0.25, 0.3) is 0 Å². The molecule has 0 aromatic heterocycles. The molecular formula is C9H19Cl. The Kier molecular flexibility index (Phi) is 4.35. The van der Waals surface area contributed by atoms with E-state index in [1.54, 1.807) is 0 Å². The predicted octanol–water partition coefficient (Wildman–Crippen LogP) is 3.69. The van der Waals surface area contributed by atoms with Crippen LogP contribution < -0.4 is 0 Å². The topological polar surface area (TPSA) is 0 Å². The van der Waals surface area contributed by atoms with E-state index < -0.39 is 0 Å². The summed E-state index contributed by atoms with van der Waals surface area (Å²) in [4.78, 5) is 0. The van der Waals surface area contributed by atoms with Crippen molar-refractivity contribution >= 4 is 11.6 Å². The molecule has 0 rings (SSSR count).